The molecule has 1 rings (SSSR count). The number of alkyl halides is 10. The van der Waals surface area contributed by atoms with E-state index in [1.54, 1.807) is 0 Å². The molecule has 12 heteroatoms. The van der Waals surface area contributed by atoms with Crippen LogP contribution in [0.1, 0.15) is 54.4 Å². The zero-order chi connectivity index (χ0) is 22.8. The van der Waals surface area contributed by atoms with Crippen LogP contribution in [0.5, 0.6) is 0 Å². The second-order valence-electron chi connectivity index (χ2n) is 8.05. The SMILES string of the molecule is CCC(C)(C)C(F)(F)C1(F)OC(F)(F)C(F)(F)OC(F)(C(C)(C)CC)C1(F)F. The molecule has 0 spiro atoms. The molecule has 2 nitrogen and oxygen atoms in total. The van der Waals surface area contributed by atoms with Gasteiger partial charge in [-0.25, -0.2) is 4.39 Å². The first-order valence-electron chi connectivity index (χ1n) is 8.33. The van der Waals surface area contributed by atoms with Gasteiger partial charge >= 0.3 is 29.9 Å². The average Bonchev–Trinajstić information content (AvgIpc) is 2.54. The number of ether oxygens (including phenoxy) is 2. The molecule has 1 fully saturated rings. The first kappa shape index (κ1) is 25.3. The zero-order valence-electron chi connectivity index (χ0n) is 16.0. The summed E-state index contributed by atoms with van der Waals surface area (Å²) in [6.45, 7) is 4.01. The standard InChI is InChI=1S/C16H22F10O2/c1-7-9(3,4)11(17,18)14(22)12(19,20)13(21,10(5,6)8-2)27-15(23,24)16(25,26)28-14/h7-8H2,1-6H3. The van der Waals surface area contributed by atoms with Crippen LogP contribution >= 0.6 is 0 Å². The molecule has 1 heterocycles. The molecular formula is C16H22F10O2. The van der Waals surface area contributed by atoms with Gasteiger partial charge in [-0.15, -0.1) is 0 Å². The lowest BCUT2D eigenvalue weighted by atomic mass is 9.71. The van der Waals surface area contributed by atoms with Crippen LogP contribution in [0.2, 0.25) is 0 Å². The van der Waals surface area contributed by atoms with Crippen LogP contribution in [0.3, 0.4) is 0 Å². The molecule has 0 bridgehead atoms. The molecule has 1 aliphatic rings. The molecular weight excluding hydrogens is 414 g/mol. The summed E-state index contributed by atoms with van der Waals surface area (Å²) in [5, 5.41) is 0. The Morgan fingerprint density at radius 1 is 0.643 bits per heavy atom. The second-order valence-corrected chi connectivity index (χ2v) is 8.05. The van der Waals surface area contributed by atoms with Crippen molar-refractivity contribution in [1.82, 2.24) is 0 Å². The van der Waals surface area contributed by atoms with Crippen molar-refractivity contribution in [2.75, 3.05) is 0 Å². The minimum atomic E-state index is -6.34. The lowest BCUT2D eigenvalue weighted by Crippen LogP contribution is -2.72. The molecule has 168 valence electrons. The van der Waals surface area contributed by atoms with Crippen LogP contribution in [0.25, 0.3) is 0 Å². The fourth-order valence-corrected chi connectivity index (χ4v) is 2.52. The topological polar surface area (TPSA) is 18.5 Å². The fraction of sp³-hybridized carbons (Fsp3) is 1.00. The van der Waals surface area contributed by atoms with E-state index in [2.05, 4.69) is 9.47 Å². The van der Waals surface area contributed by atoms with Gasteiger partial charge in [0, 0.05) is 10.8 Å². The summed E-state index contributed by atoms with van der Waals surface area (Å²) in [6, 6.07) is 0. The molecule has 0 amide bonds. The molecule has 1 saturated heterocycles. The lowest BCUT2D eigenvalue weighted by Gasteiger charge is -2.50. The monoisotopic (exact) mass is 436 g/mol. The average molecular weight is 436 g/mol. The normalized spacial score (nSPS) is 33.4. The maximum Gasteiger partial charge on any atom is 0.451 e. The van der Waals surface area contributed by atoms with Crippen molar-refractivity contribution in [1.29, 1.82) is 0 Å². The maximum atomic E-state index is 15.3. The smallest absolute Gasteiger partial charge is 0.269 e. The van der Waals surface area contributed by atoms with Crippen LogP contribution in [-0.4, -0.2) is 35.8 Å². The van der Waals surface area contributed by atoms with E-state index in [1.807, 2.05) is 0 Å². The second kappa shape index (κ2) is 6.36. The summed E-state index contributed by atoms with van der Waals surface area (Å²) < 4.78 is 151. The Morgan fingerprint density at radius 2 is 1.00 bits per heavy atom. The molecule has 0 aromatic carbocycles. The minimum absolute atomic E-state index is 0.515. The van der Waals surface area contributed by atoms with Gasteiger partial charge < -0.3 is 0 Å². The summed E-state index contributed by atoms with van der Waals surface area (Å²) in [4.78, 5) is 0. The Balaban J connectivity index is 4.01. The zero-order valence-corrected chi connectivity index (χ0v) is 16.0. The van der Waals surface area contributed by atoms with Crippen LogP contribution in [-0.2, 0) is 9.47 Å². The summed E-state index contributed by atoms with van der Waals surface area (Å²) >= 11 is 0. The van der Waals surface area contributed by atoms with Crippen molar-refractivity contribution in [3.05, 3.63) is 0 Å². The highest BCUT2D eigenvalue weighted by molar-refractivity contribution is 5.14. The third kappa shape index (κ3) is 2.92. The Morgan fingerprint density at radius 3 is 1.32 bits per heavy atom. The molecule has 0 aromatic rings. The van der Waals surface area contributed by atoms with Gasteiger partial charge in [-0.2, -0.15) is 39.5 Å². The molecule has 0 aliphatic carbocycles. The van der Waals surface area contributed by atoms with E-state index in [0.717, 1.165) is 13.8 Å². The van der Waals surface area contributed by atoms with Crippen molar-refractivity contribution >= 4 is 0 Å². The molecule has 1 aliphatic heterocycles. The van der Waals surface area contributed by atoms with Gasteiger partial charge in [0.2, 0.25) is 0 Å². The van der Waals surface area contributed by atoms with Gasteiger partial charge in [-0.3, -0.25) is 9.47 Å². The highest BCUT2D eigenvalue weighted by Gasteiger charge is 2.91. The Hall–Kier alpha value is -0.780. The molecule has 0 aromatic heterocycles. The van der Waals surface area contributed by atoms with Crippen molar-refractivity contribution in [2.24, 2.45) is 10.8 Å². The fourth-order valence-electron chi connectivity index (χ4n) is 2.52. The van der Waals surface area contributed by atoms with E-state index < -0.39 is 59.4 Å². The quantitative estimate of drug-likeness (QED) is 0.447. The maximum absolute atomic E-state index is 15.3. The van der Waals surface area contributed by atoms with Gasteiger partial charge in [0.15, 0.2) is 0 Å². The Labute approximate surface area is 155 Å². The predicted octanol–water partition coefficient (Wildman–Crippen LogP) is 6.69. The van der Waals surface area contributed by atoms with Gasteiger partial charge in [0.1, 0.15) is 0 Å². The Bertz CT molecular complexity index is 604. The molecule has 0 saturated carbocycles. The minimum Gasteiger partial charge on any atom is -0.269 e. The number of hydrogen-bond acceptors (Lipinski definition) is 2. The lowest BCUT2D eigenvalue weighted by molar-refractivity contribution is -0.482. The van der Waals surface area contributed by atoms with E-state index >= 15 is 8.78 Å². The summed E-state index contributed by atoms with van der Waals surface area (Å²) in [5.41, 5.74) is -5.63. The van der Waals surface area contributed by atoms with E-state index in [9.17, 15) is 35.1 Å². The summed E-state index contributed by atoms with van der Waals surface area (Å²) in [7, 11) is 0. The first-order valence-corrected chi connectivity index (χ1v) is 8.33. The largest absolute Gasteiger partial charge is 0.451 e. The summed E-state index contributed by atoms with van der Waals surface area (Å²) in [5.74, 6) is -23.3. The molecule has 28 heavy (non-hydrogen) atoms. The molecule has 0 N–H and O–H groups in total. The van der Waals surface area contributed by atoms with Gasteiger partial charge in [-0.05, 0) is 12.8 Å². The van der Waals surface area contributed by atoms with Gasteiger partial charge in [-0.1, -0.05) is 41.5 Å². The van der Waals surface area contributed by atoms with E-state index in [4.69, 9.17) is 0 Å². The van der Waals surface area contributed by atoms with Crippen molar-refractivity contribution in [3.63, 3.8) is 0 Å². The summed E-state index contributed by atoms with van der Waals surface area (Å²) in [6.07, 6.45) is -14.1. The van der Waals surface area contributed by atoms with Gasteiger partial charge in [0.25, 0.3) is 5.85 Å². The molecule has 2 atom stereocenters. The first-order chi connectivity index (χ1) is 12.0. The number of rotatable bonds is 5. The van der Waals surface area contributed by atoms with E-state index in [1.165, 1.54) is 0 Å². The van der Waals surface area contributed by atoms with Gasteiger partial charge in [0.05, 0.1) is 0 Å². The third-order valence-electron chi connectivity index (χ3n) is 5.58. The van der Waals surface area contributed by atoms with Crippen LogP contribution < -0.4 is 0 Å². The Kier molecular flexibility index (Phi) is 5.73. The van der Waals surface area contributed by atoms with Crippen LogP contribution in [0.4, 0.5) is 43.9 Å². The van der Waals surface area contributed by atoms with Crippen molar-refractivity contribution in [3.8, 4) is 0 Å². The van der Waals surface area contributed by atoms with Crippen molar-refractivity contribution < 1.29 is 53.4 Å². The van der Waals surface area contributed by atoms with Crippen molar-refractivity contribution in [2.45, 2.75) is 90.2 Å². The van der Waals surface area contributed by atoms with Crippen LogP contribution in [0, 0.1) is 10.8 Å². The highest BCUT2D eigenvalue weighted by atomic mass is 19.3. The van der Waals surface area contributed by atoms with Crippen LogP contribution in [0.15, 0.2) is 0 Å². The molecule has 2 unspecified atom stereocenters. The molecule has 0 radical (unpaired) electrons. The number of hydrogen-bond donors (Lipinski definition) is 0. The number of halogens is 10. The van der Waals surface area contributed by atoms with E-state index in [-0.39, 0.29) is 0 Å². The highest BCUT2D eigenvalue weighted by Crippen LogP contribution is 2.66. The van der Waals surface area contributed by atoms with E-state index in [0.29, 0.717) is 27.7 Å². The third-order valence-corrected chi connectivity index (χ3v) is 5.58. The predicted molar refractivity (Wildman–Crippen MR) is 77.8 cm³/mol.